The Labute approximate surface area is 146 Å². The lowest BCUT2D eigenvalue weighted by Crippen LogP contribution is -2.35. The van der Waals surface area contributed by atoms with Gasteiger partial charge in [-0.25, -0.2) is 4.79 Å². The van der Waals surface area contributed by atoms with Crippen molar-refractivity contribution in [3.8, 4) is 0 Å². The van der Waals surface area contributed by atoms with E-state index in [9.17, 15) is 4.79 Å². The predicted molar refractivity (Wildman–Crippen MR) is 95.9 cm³/mol. The fourth-order valence-corrected chi connectivity index (χ4v) is 3.09. The summed E-state index contributed by atoms with van der Waals surface area (Å²) in [5.74, 6) is 0. The first-order chi connectivity index (χ1) is 11.2. The summed E-state index contributed by atoms with van der Waals surface area (Å²) in [4.78, 5) is 13.9. The molecule has 0 fully saturated rings. The molecule has 1 aromatic heterocycles. The lowest BCUT2D eigenvalue weighted by molar-refractivity contribution is 0.0329. The smallest absolute Gasteiger partial charge is 0.414 e. The molecule has 0 spiro atoms. The Morgan fingerprint density at radius 1 is 1.33 bits per heavy atom. The van der Waals surface area contributed by atoms with E-state index in [1.165, 1.54) is 0 Å². The molecule has 24 heavy (non-hydrogen) atoms. The van der Waals surface area contributed by atoms with Crippen molar-refractivity contribution in [1.82, 2.24) is 14.7 Å². The topological polar surface area (TPSA) is 47.4 Å². The normalized spacial score (nSPS) is 15.5. The molecule has 0 atom stereocenters. The fourth-order valence-electron chi connectivity index (χ4n) is 2.83. The first-order valence-corrected chi connectivity index (χ1v) is 8.44. The molecular weight excluding hydrogens is 326 g/mol. The molecule has 2 heterocycles. The zero-order chi connectivity index (χ0) is 17.5. The Balaban J connectivity index is 1.93. The van der Waals surface area contributed by atoms with E-state index in [4.69, 9.17) is 16.3 Å². The van der Waals surface area contributed by atoms with Crippen LogP contribution in [-0.4, -0.2) is 32.9 Å². The molecule has 6 heteroatoms. The molecular formula is C18H22ClN3O2. The molecule has 3 rings (SSSR count). The van der Waals surface area contributed by atoms with Crippen LogP contribution in [0.15, 0.2) is 24.5 Å². The van der Waals surface area contributed by atoms with Crippen LogP contribution in [0.4, 0.5) is 4.79 Å². The van der Waals surface area contributed by atoms with E-state index in [0.717, 1.165) is 34.9 Å². The number of allylic oxidation sites excluding steroid dienone is 1. The molecule has 2 aromatic rings. The van der Waals surface area contributed by atoms with E-state index in [1.807, 2.05) is 40.1 Å². The van der Waals surface area contributed by atoms with Crippen LogP contribution >= 0.6 is 11.6 Å². The van der Waals surface area contributed by atoms with E-state index in [0.29, 0.717) is 11.6 Å². The highest BCUT2D eigenvalue weighted by molar-refractivity contribution is 6.35. The SMILES string of the molecule is Cn1ncc2c(Cl)cc(C3=CN(C(=O)OC(C)(C)C)CCC3)cc21. The standard InChI is InChI=1S/C18H22ClN3O2/c1-18(2,3)24-17(23)22-7-5-6-12(11-22)13-8-15(19)14-10-20-21(4)16(14)9-13/h8-11H,5-7H2,1-4H3. The molecule has 0 aliphatic carbocycles. The third-order valence-corrected chi connectivity index (χ3v) is 4.28. The average molecular weight is 348 g/mol. The van der Waals surface area contributed by atoms with Crippen molar-refractivity contribution in [2.45, 2.75) is 39.2 Å². The van der Waals surface area contributed by atoms with Crippen LogP contribution in [0.25, 0.3) is 16.5 Å². The minimum atomic E-state index is -0.501. The number of rotatable bonds is 1. The maximum absolute atomic E-state index is 12.3. The highest BCUT2D eigenvalue weighted by atomic mass is 35.5. The largest absolute Gasteiger partial charge is 0.443 e. The average Bonchev–Trinajstić information content (AvgIpc) is 2.88. The van der Waals surface area contributed by atoms with E-state index < -0.39 is 5.60 Å². The Kier molecular flexibility index (Phi) is 4.30. The van der Waals surface area contributed by atoms with Crippen molar-refractivity contribution in [3.63, 3.8) is 0 Å². The molecule has 1 aliphatic rings. The van der Waals surface area contributed by atoms with E-state index in [-0.39, 0.29) is 6.09 Å². The number of hydrogen-bond donors (Lipinski definition) is 0. The summed E-state index contributed by atoms with van der Waals surface area (Å²) in [6.07, 6.45) is 5.13. The van der Waals surface area contributed by atoms with Crippen molar-refractivity contribution in [2.24, 2.45) is 7.05 Å². The van der Waals surface area contributed by atoms with Gasteiger partial charge in [0.15, 0.2) is 0 Å². The maximum atomic E-state index is 12.3. The summed E-state index contributed by atoms with van der Waals surface area (Å²) in [6.45, 7) is 6.28. The van der Waals surface area contributed by atoms with E-state index in [2.05, 4.69) is 11.2 Å². The van der Waals surface area contributed by atoms with Crippen molar-refractivity contribution >= 4 is 34.2 Å². The number of aromatic nitrogens is 2. The first kappa shape index (κ1) is 16.8. The quantitative estimate of drug-likeness (QED) is 0.757. The number of fused-ring (bicyclic) bond motifs is 1. The van der Waals surface area contributed by atoms with Gasteiger partial charge in [-0.15, -0.1) is 0 Å². The van der Waals surface area contributed by atoms with Gasteiger partial charge in [0.1, 0.15) is 5.60 Å². The number of hydrogen-bond acceptors (Lipinski definition) is 3. The van der Waals surface area contributed by atoms with Crippen molar-refractivity contribution in [2.75, 3.05) is 6.54 Å². The second-order valence-electron chi connectivity index (χ2n) is 7.09. The van der Waals surface area contributed by atoms with Crippen molar-refractivity contribution in [1.29, 1.82) is 0 Å². The highest BCUT2D eigenvalue weighted by Crippen LogP contribution is 2.32. The van der Waals surface area contributed by atoms with Crippen molar-refractivity contribution < 1.29 is 9.53 Å². The van der Waals surface area contributed by atoms with Crippen LogP contribution in [0.2, 0.25) is 5.02 Å². The fraction of sp³-hybridized carbons (Fsp3) is 0.444. The number of halogens is 1. The number of aryl methyl sites for hydroxylation is 1. The van der Waals surface area contributed by atoms with Gasteiger partial charge in [-0.1, -0.05) is 11.6 Å². The molecule has 1 aliphatic heterocycles. The number of carbonyl (C=O) groups excluding carboxylic acids is 1. The minimum absolute atomic E-state index is 0.313. The molecule has 0 saturated carbocycles. The monoisotopic (exact) mass is 347 g/mol. The van der Waals surface area contributed by atoms with Crippen LogP contribution < -0.4 is 0 Å². The minimum Gasteiger partial charge on any atom is -0.443 e. The van der Waals surface area contributed by atoms with Gasteiger partial charge in [-0.05, 0) is 56.9 Å². The number of nitrogens with zero attached hydrogens (tertiary/aromatic N) is 3. The summed E-state index contributed by atoms with van der Waals surface area (Å²) < 4.78 is 7.27. The number of ether oxygens (including phenoxy) is 1. The lowest BCUT2D eigenvalue weighted by Gasteiger charge is -2.28. The molecule has 1 aromatic carbocycles. The lowest BCUT2D eigenvalue weighted by atomic mass is 9.98. The summed E-state index contributed by atoms with van der Waals surface area (Å²) >= 11 is 6.40. The van der Waals surface area contributed by atoms with Crippen LogP contribution in [-0.2, 0) is 11.8 Å². The number of amides is 1. The van der Waals surface area contributed by atoms with Crippen LogP contribution in [0, 0.1) is 0 Å². The number of carbonyl (C=O) groups is 1. The zero-order valence-electron chi connectivity index (χ0n) is 14.5. The molecule has 0 radical (unpaired) electrons. The summed E-state index contributed by atoms with van der Waals surface area (Å²) in [5, 5.41) is 5.86. The molecule has 1 amide bonds. The van der Waals surface area contributed by atoms with Gasteiger partial charge in [0.25, 0.3) is 0 Å². The van der Waals surface area contributed by atoms with Gasteiger partial charge in [-0.3, -0.25) is 9.58 Å². The maximum Gasteiger partial charge on any atom is 0.414 e. The molecule has 0 bridgehead atoms. The summed E-state index contributed by atoms with van der Waals surface area (Å²) in [6, 6.07) is 4.01. The molecule has 0 unspecified atom stereocenters. The highest BCUT2D eigenvalue weighted by Gasteiger charge is 2.24. The Hall–Kier alpha value is -2.01. The third kappa shape index (κ3) is 3.41. The van der Waals surface area contributed by atoms with Gasteiger partial charge in [0.05, 0.1) is 16.7 Å². The third-order valence-electron chi connectivity index (χ3n) is 3.97. The molecule has 128 valence electrons. The van der Waals surface area contributed by atoms with Gasteiger partial charge in [-0.2, -0.15) is 5.10 Å². The van der Waals surface area contributed by atoms with Crippen molar-refractivity contribution in [3.05, 3.63) is 35.1 Å². The van der Waals surface area contributed by atoms with Gasteiger partial charge in [0.2, 0.25) is 0 Å². The Morgan fingerprint density at radius 2 is 2.08 bits per heavy atom. The second-order valence-corrected chi connectivity index (χ2v) is 7.50. The Bertz CT molecular complexity index is 818. The van der Waals surface area contributed by atoms with Crippen LogP contribution in [0.1, 0.15) is 39.2 Å². The molecule has 0 N–H and O–H groups in total. The van der Waals surface area contributed by atoms with Gasteiger partial charge >= 0.3 is 6.09 Å². The van der Waals surface area contributed by atoms with E-state index in [1.54, 1.807) is 15.8 Å². The summed E-state index contributed by atoms with van der Waals surface area (Å²) in [5.41, 5.74) is 2.58. The van der Waals surface area contributed by atoms with E-state index >= 15 is 0 Å². The summed E-state index contributed by atoms with van der Waals surface area (Å²) in [7, 11) is 1.89. The zero-order valence-corrected chi connectivity index (χ0v) is 15.2. The molecule has 5 nitrogen and oxygen atoms in total. The predicted octanol–water partition coefficient (Wildman–Crippen LogP) is 4.60. The second kappa shape index (κ2) is 6.13. The first-order valence-electron chi connectivity index (χ1n) is 8.06. The number of benzene rings is 1. The Morgan fingerprint density at radius 3 is 2.79 bits per heavy atom. The van der Waals surface area contributed by atoms with Gasteiger partial charge in [0, 0.05) is 25.2 Å². The van der Waals surface area contributed by atoms with Crippen LogP contribution in [0.5, 0.6) is 0 Å². The van der Waals surface area contributed by atoms with Gasteiger partial charge < -0.3 is 4.74 Å². The molecule has 0 saturated heterocycles. The van der Waals surface area contributed by atoms with Crippen LogP contribution in [0.3, 0.4) is 0 Å².